The smallest absolute Gasteiger partial charge is 0.294 e. The number of amides is 3. The van der Waals surface area contributed by atoms with E-state index in [0.29, 0.717) is 17.0 Å². The van der Waals surface area contributed by atoms with Crippen LogP contribution in [0.4, 0.5) is 10.5 Å². The fraction of sp³-hybridized carbons (Fsp3) is 0.105. The maximum absolute atomic E-state index is 12.4. The molecule has 8 heteroatoms. The average molecular weight is 384 g/mol. The zero-order chi connectivity index (χ0) is 19.4. The van der Waals surface area contributed by atoms with Gasteiger partial charge in [-0.15, -0.1) is 0 Å². The number of imide groups is 1. The van der Waals surface area contributed by atoms with Gasteiger partial charge < -0.3 is 15.2 Å². The van der Waals surface area contributed by atoms with E-state index in [9.17, 15) is 19.5 Å². The Morgan fingerprint density at radius 2 is 1.89 bits per heavy atom. The maximum Gasteiger partial charge on any atom is 0.294 e. The molecular weight excluding hydrogens is 368 g/mol. The number of rotatable bonds is 5. The number of carbonyl (C=O) groups is 3. The Morgan fingerprint density at radius 1 is 1.19 bits per heavy atom. The number of methoxy groups -OCH3 is 1. The lowest BCUT2D eigenvalue weighted by Gasteiger charge is -2.12. The van der Waals surface area contributed by atoms with Crippen LogP contribution in [-0.2, 0) is 9.59 Å². The number of nitrogens with one attached hydrogen (secondary N) is 1. The van der Waals surface area contributed by atoms with Crippen LogP contribution in [-0.4, -0.2) is 40.7 Å². The number of carbonyl (C=O) groups excluding carboxylic acids is 3. The van der Waals surface area contributed by atoms with Crippen LogP contribution in [0.3, 0.4) is 0 Å². The van der Waals surface area contributed by atoms with E-state index in [1.165, 1.54) is 19.3 Å². The van der Waals surface area contributed by atoms with Crippen molar-refractivity contribution >= 4 is 40.6 Å². The van der Waals surface area contributed by atoms with Crippen LogP contribution < -0.4 is 10.1 Å². The van der Waals surface area contributed by atoms with E-state index in [1.54, 1.807) is 42.5 Å². The maximum atomic E-state index is 12.4. The number of para-hydroxylation sites is 1. The number of phenols is 1. The van der Waals surface area contributed by atoms with Gasteiger partial charge in [0, 0.05) is 11.3 Å². The first-order chi connectivity index (χ1) is 13.0. The normalized spacial score (nSPS) is 15.3. The summed E-state index contributed by atoms with van der Waals surface area (Å²) in [5, 5.41) is 11.9. The van der Waals surface area contributed by atoms with E-state index in [1.807, 2.05) is 0 Å². The molecule has 2 aromatic carbocycles. The zero-order valence-electron chi connectivity index (χ0n) is 14.3. The lowest BCUT2D eigenvalue weighted by atomic mass is 10.2. The number of ether oxygens (including phenoxy) is 1. The average Bonchev–Trinajstić information content (AvgIpc) is 2.91. The molecule has 0 aliphatic carbocycles. The van der Waals surface area contributed by atoms with E-state index >= 15 is 0 Å². The van der Waals surface area contributed by atoms with Gasteiger partial charge >= 0.3 is 0 Å². The number of benzene rings is 2. The van der Waals surface area contributed by atoms with Crippen molar-refractivity contribution < 1.29 is 24.2 Å². The highest BCUT2D eigenvalue weighted by atomic mass is 32.2. The van der Waals surface area contributed by atoms with Gasteiger partial charge in [-0.3, -0.25) is 19.3 Å². The van der Waals surface area contributed by atoms with Crippen molar-refractivity contribution in [3.05, 3.63) is 59.0 Å². The van der Waals surface area contributed by atoms with E-state index < -0.39 is 23.6 Å². The van der Waals surface area contributed by atoms with Crippen LogP contribution in [0.25, 0.3) is 6.08 Å². The van der Waals surface area contributed by atoms with Crippen molar-refractivity contribution in [2.75, 3.05) is 19.0 Å². The Hall–Kier alpha value is -3.26. The topological polar surface area (TPSA) is 95.9 Å². The van der Waals surface area contributed by atoms with Crippen LogP contribution in [0.5, 0.6) is 11.5 Å². The molecule has 1 fully saturated rings. The number of thioether (sulfide) groups is 1. The minimum absolute atomic E-state index is 0.00143. The molecular formula is C19H16N2O5S. The Balaban J connectivity index is 1.68. The van der Waals surface area contributed by atoms with E-state index in [2.05, 4.69) is 5.32 Å². The number of hydrogen-bond acceptors (Lipinski definition) is 6. The van der Waals surface area contributed by atoms with Crippen molar-refractivity contribution in [2.24, 2.45) is 0 Å². The summed E-state index contributed by atoms with van der Waals surface area (Å²) >= 11 is 0.729. The number of phenolic OH excluding ortho intramolecular Hbond substituents is 1. The quantitative estimate of drug-likeness (QED) is 0.769. The Morgan fingerprint density at radius 3 is 2.56 bits per heavy atom. The first-order valence-electron chi connectivity index (χ1n) is 7.95. The molecule has 0 atom stereocenters. The van der Waals surface area contributed by atoms with Crippen molar-refractivity contribution in [1.29, 1.82) is 0 Å². The molecule has 0 bridgehead atoms. The van der Waals surface area contributed by atoms with Gasteiger partial charge in [-0.05, 0) is 48.2 Å². The molecule has 0 aromatic heterocycles. The highest BCUT2D eigenvalue weighted by molar-refractivity contribution is 8.18. The summed E-state index contributed by atoms with van der Waals surface area (Å²) in [6, 6.07) is 13.2. The Kier molecular flexibility index (Phi) is 5.46. The van der Waals surface area contributed by atoms with Gasteiger partial charge in [-0.2, -0.15) is 0 Å². The first kappa shape index (κ1) is 18.5. The number of hydrogen-bond donors (Lipinski definition) is 2. The van der Waals surface area contributed by atoms with Crippen molar-refractivity contribution in [3.63, 3.8) is 0 Å². The van der Waals surface area contributed by atoms with Gasteiger partial charge in [-0.25, -0.2) is 0 Å². The van der Waals surface area contributed by atoms with E-state index in [0.717, 1.165) is 16.7 Å². The summed E-state index contributed by atoms with van der Waals surface area (Å²) in [6.07, 6.45) is 1.43. The summed E-state index contributed by atoms with van der Waals surface area (Å²) in [7, 11) is 1.54. The van der Waals surface area contributed by atoms with Crippen LogP contribution in [0, 0.1) is 0 Å². The van der Waals surface area contributed by atoms with Crippen molar-refractivity contribution in [2.45, 2.75) is 0 Å². The van der Waals surface area contributed by atoms with E-state index in [-0.39, 0.29) is 10.7 Å². The molecule has 0 radical (unpaired) electrons. The summed E-state index contributed by atoms with van der Waals surface area (Å²) < 4.78 is 5.04. The molecule has 1 aliphatic heterocycles. The van der Waals surface area contributed by atoms with Gasteiger partial charge in [0.05, 0.1) is 12.0 Å². The molecule has 0 saturated carbocycles. The molecule has 0 unspecified atom stereocenters. The lowest BCUT2D eigenvalue weighted by molar-refractivity contribution is -0.127. The summed E-state index contributed by atoms with van der Waals surface area (Å²) in [5.74, 6) is -0.417. The fourth-order valence-electron chi connectivity index (χ4n) is 2.41. The van der Waals surface area contributed by atoms with Gasteiger partial charge in [-0.1, -0.05) is 18.2 Å². The fourth-order valence-corrected chi connectivity index (χ4v) is 3.23. The zero-order valence-corrected chi connectivity index (χ0v) is 15.2. The molecule has 3 rings (SSSR count). The summed E-state index contributed by atoms with van der Waals surface area (Å²) in [4.78, 5) is 37.7. The number of aromatic hydroxyl groups is 1. The standard InChI is InChI=1S/C19H16N2O5S/c1-26-14-8-6-13(7-9-14)20-17(23)11-21-18(24)16(27-19(21)25)10-12-4-2-3-5-15(12)22/h2-10,22H,11H2,1H3,(H,20,23)/b16-10-. The third-order valence-electron chi connectivity index (χ3n) is 3.77. The molecule has 2 aromatic rings. The minimum atomic E-state index is -0.571. The number of anilines is 1. The second kappa shape index (κ2) is 7.96. The monoisotopic (exact) mass is 384 g/mol. The highest BCUT2D eigenvalue weighted by Crippen LogP contribution is 2.33. The third kappa shape index (κ3) is 4.29. The number of nitrogens with zero attached hydrogens (tertiary/aromatic N) is 1. The molecule has 7 nitrogen and oxygen atoms in total. The molecule has 3 amide bonds. The van der Waals surface area contributed by atoms with Crippen LogP contribution in [0.2, 0.25) is 0 Å². The molecule has 1 aliphatic rings. The summed E-state index contributed by atoms with van der Waals surface area (Å²) in [5.41, 5.74) is 0.947. The van der Waals surface area contributed by atoms with Crippen molar-refractivity contribution in [1.82, 2.24) is 4.90 Å². The third-order valence-corrected chi connectivity index (χ3v) is 4.68. The largest absolute Gasteiger partial charge is 0.507 e. The van der Waals surface area contributed by atoms with Gasteiger partial charge in [0.15, 0.2) is 0 Å². The molecule has 2 N–H and O–H groups in total. The predicted octanol–water partition coefficient (Wildman–Crippen LogP) is 3.08. The van der Waals surface area contributed by atoms with Gasteiger partial charge in [0.1, 0.15) is 18.0 Å². The summed E-state index contributed by atoms with van der Waals surface area (Å²) in [6.45, 7) is -0.394. The SMILES string of the molecule is COc1ccc(NC(=O)CN2C(=O)S/C(=C\c3ccccc3O)C2=O)cc1. The van der Waals surface area contributed by atoms with Gasteiger partial charge in [0.25, 0.3) is 11.1 Å². The minimum Gasteiger partial charge on any atom is -0.507 e. The molecule has 138 valence electrons. The van der Waals surface area contributed by atoms with Crippen LogP contribution >= 0.6 is 11.8 Å². The van der Waals surface area contributed by atoms with Crippen LogP contribution in [0.1, 0.15) is 5.56 Å². The predicted molar refractivity (Wildman–Crippen MR) is 102 cm³/mol. The Bertz CT molecular complexity index is 924. The highest BCUT2D eigenvalue weighted by Gasteiger charge is 2.36. The molecule has 0 spiro atoms. The molecule has 1 saturated heterocycles. The first-order valence-corrected chi connectivity index (χ1v) is 8.77. The lowest BCUT2D eigenvalue weighted by Crippen LogP contribution is -2.36. The van der Waals surface area contributed by atoms with Crippen LogP contribution in [0.15, 0.2) is 53.4 Å². The molecule has 27 heavy (non-hydrogen) atoms. The Labute approximate surface area is 159 Å². The van der Waals surface area contributed by atoms with Crippen molar-refractivity contribution in [3.8, 4) is 11.5 Å². The second-order valence-electron chi connectivity index (χ2n) is 5.60. The molecule has 1 heterocycles. The second-order valence-corrected chi connectivity index (χ2v) is 6.60. The van der Waals surface area contributed by atoms with E-state index in [4.69, 9.17) is 4.74 Å². The van der Waals surface area contributed by atoms with Gasteiger partial charge in [0.2, 0.25) is 5.91 Å².